The zero-order chi connectivity index (χ0) is 13.8. The maximum Gasteiger partial charge on any atom is 0.273 e. The molecule has 0 fully saturated rings. The lowest BCUT2D eigenvalue weighted by molar-refractivity contribution is -0.385. The van der Waals surface area contributed by atoms with E-state index in [1.807, 2.05) is 24.3 Å². The Labute approximate surface area is 132 Å². The van der Waals surface area contributed by atoms with Crippen LogP contribution in [0.25, 0.3) is 0 Å². The van der Waals surface area contributed by atoms with Gasteiger partial charge in [-0.05, 0) is 59.0 Å². The molecule has 0 saturated carbocycles. The van der Waals surface area contributed by atoms with Gasteiger partial charge in [-0.3, -0.25) is 10.1 Å². The van der Waals surface area contributed by atoms with Crippen molar-refractivity contribution in [2.24, 2.45) is 0 Å². The molecule has 2 rings (SSSR count). The van der Waals surface area contributed by atoms with Crippen LogP contribution < -0.4 is 4.74 Å². The zero-order valence-electron chi connectivity index (χ0n) is 9.68. The second-order valence-electron chi connectivity index (χ2n) is 3.74. The van der Waals surface area contributed by atoms with E-state index in [1.54, 1.807) is 12.1 Å². The minimum Gasteiger partial charge on any atom is -0.457 e. The summed E-state index contributed by atoms with van der Waals surface area (Å²) in [5.41, 5.74) is 0.680. The number of benzene rings is 2. The lowest BCUT2D eigenvalue weighted by Crippen LogP contribution is -1.94. The first-order valence-electron chi connectivity index (χ1n) is 5.37. The predicted octanol–water partition coefficient (Wildman–Crippen LogP) is 4.89. The van der Waals surface area contributed by atoms with Crippen LogP contribution in [0.2, 0.25) is 0 Å². The third kappa shape index (κ3) is 3.66. The second-order valence-corrected chi connectivity index (χ2v) is 5.54. The summed E-state index contributed by atoms with van der Waals surface area (Å²) in [4.78, 5) is 10.4. The van der Waals surface area contributed by atoms with Gasteiger partial charge < -0.3 is 4.74 Å². The van der Waals surface area contributed by atoms with Gasteiger partial charge in [0.15, 0.2) is 0 Å². The highest BCUT2D eigenvalue weighted by molar-refractivity contribution is 14.1. The molecule has 19 heavy (non-hydrogen) atoms. The first-order chi connectivity index (χ1) is 9.10. The smallest absolute Gasteiger partial charge is 0.273 e. The highest BCUT2D eigenvalue weighted by Gasteiger charge is 2.13. The van der Waals surface area contributed by atoms with E-state index in [0.29, 0.717) is 22.4 Å². The zero-order valence-corrected chi connectivity index (χ0v) is 13.4. The summed E-state index contributed by atoms with van der Waals surface area (Å²) in [6.45, 7) is 0. The molecule has 98 valence electrons. The Hall–Kier alpha value is -1.15. The number of nitro groups is 1. The normalized spacial score (nSPS) is 10.2. The van der Waals surface area contributed by atoms with Crippen LogP contribution in [0.5, 0.6) is 11.5 Å². The first kappa shape index (κ1) is 14.3. The Morgan fingerprint density at radius 2 is 1.79 bits per heavy atom. The number of hydrogen-bond acceptors (Lipinski definition) is 3. The van der Waals surface area contributed by atoms with Crippen LogP contribution >= 0.6 is 38.5 Å². The molecule has 2 aromatic rings. The Bertz CT molecular complexity index is 601. The van der Waals surface area contributed by atoms with Crippen LogP contribution in [-0.2, 0) is 5.33 Å². The average Bonchev–Trinajstić information content (AvgIpc) is 2.41. The van der Waals surface area contributed by atoms with Gasteiger partial charge in [0.25, 0.3) is 5.69 Å². The van der Waals surface area contributed by atoms with E-state index in [-0.39, 0.29) is 5.69 Å². The average molecular weight is 434 g/mol. The molecule has 0 spiro atoms. The summed E-state index contributed by atoms with van der Waals surface area (Å²) < 4.78 is 6.78. The molecular weight excluding hydrogens is 425 g/mol. The van der Waals surface area contributed by atoms with Crippen molar-refractivity contribution < 1.29 is 9.66 Å². The van der Waals surface area contributed by atoms with Crippen molar-refractivity contribution in [1.82, 2.24) is 0 Å². The summed E-state index contributed by atoms with van der Waals surface area (Å²) in [5, 5.41) is 11.2. The Morgan fingerprint density at radius 1 is 1.16 bits per heavy atom. The molecule has 0 radical (unpaired) electrons. The third-order valence-corrected chi connectivity index (χ3v) is 3.76. The summed E-state index contributed by atoms with van der Waals surface area (Å²) in [7, 11) is 0. The third-order valence-electron chi connectivity index (χ3n) is 2.44. The molecule has 0 bridgehead atoms. The quantitative estimate of drug-likeness (QED) is 0.298. The van der Waals surface area contributed by atoms with Crippen LogP contribution in [-0.4, -0.2) is 4.92 Å². The molecule has 4 nitrogen and oxygen atoms in total. The number of rotatable bonds is 4. The van der Waals surface area contributed by atoms with Gasteiger partial charge in [0.2, 0.25) is 0 Å². The fourth-order valence-electron chi connectivity index (χ4n) is 1.55. The van der Waals surface area contributed by atoms with E-state index >= 15 is 0 Å². The van der Waals surface area contributed by atoms with Gasteiger partial charge in [-0.15, -0.1) is 0 Å². The molecule has 0 N–H and O–H groups in total. The predicted molar refractivity (Wildman–Crippen MR) is 85.0 cm³/mol. The molecule has 0 aliphatic heterocycles. The van der Waals surface area contributed by atoms with Crippen molar-refractivity contribution in [3.8, 4) is 11.5 Å². The fraction of sp³-hybridized carbons (Fsp3) is 0.0769. The number of alkyl halides is 1. The minimum atomic E-state index is -0.398. The SMILES string of the molecule is O=[N+]([O-])c1ccc(Oc2ccc(I)cc2)cc1CBr. The van der Waals surface area contributed by atoms with E-state index in [9.17, 15) is 10.1 Å². The van der Waals surface area contributed by atoms with Crippen LogP contribution in [0.15, 0.2) is 42.5 Å². The molecule has 0 unspecified atom stereocenters. The topological polar surface area (TPSA) is 52.4 Å². The Balaban J connectivity index is 2.26. The molecular formula is C13H9BrINO3. The van der Waals surface area contributed by atoms with Crippen molar-refractivity contribution in [3.63, 3.8) is 0 Å². The number of nitro benzene ring substituents is 1. The van der Waals surface area contributed by atoms with Gasteiger partial charge in [-0.2, -0.15) is 0 Å². The summed E-state index contributed by atoms with van der Waals surface area (Å²) in [6.07, 6.45) is 0. The van der Waals surface area contributed by atoms with Crippen LogP contribution in [0.4, 0.5) is 5.69 Å². The summed E-state index contributed by atoms with van der Waals surface area (Å²) >= 11 is 5.46. The van der Waals surface area contributed by atoms with E-state index in [0.717, 1.165) is 3.57 Å². The molecule has 0 heterocycles. The van der Waals surface area contributed by atoms with Crippen molar-refractivity contribution in [3.05, 3.63) is 61.7 Å². The number of nitrogens with zero attached hydrogens (tertiary/aromatic N) is 1. The van der Waals surface area contributed by atoms with Gasteiger partial charge in [0.05, 0.1) is 4.92 Å². The molecule has 0 aromatic heterocycles. The molecule has 0 aliphatic rings. The van der Waals surface area contributed by atoms with E-state index < -0.39 is 4.92 Å². The molecule has 6 heteroatoms. The van der Waals surface area contributed by atoms with Gasteiger partial charge in [0.1, 0.15) is 11.5 Å². The highest BCUT2D eigenvalue weighted by Crippen LogP contribution is 2.29. The van der Waals surface area contributed by atoms with Crippen LogP contribution in [0, 0.1) is 13.7 Å². The minimum absolute atomic E-state index is 0.0897. The molecule has 0 aliphatic carbocycles. The van der Waals surface area contributed by atoms with Crippen molar-refractivity contribution >= 4 is 44.2 Å². The maximum absolute atomic E-state index is 10.8. The maximum atomic E-state index is 10.8. The lowest BCUT2D eigenvalue weighted by atomic mass is 10.2. The largest absolute Gasteiger partial charge is 0.457 e. The van der Waals surface area contributed by atoms with Gasteiger partial charge in [-0.25, -0.2) is 0 Å². The van der Waals surface area contributed by atoms with E-state index in [1.165, 1.54) is 6.07 Å². The fourth-order valence-corrected chi connectivity index (χ4v) is 2.36. The van der Waals surface area contributed by atoms with Crippen molar-refractivity contribution in [2.75, 3.05) is 0 Å². The van der Waals surface area contributed by atoms with Crippen molar-refractivity contribution in [1.29, 1.82) is 0 Å². The Kier molecular flexibility index (Phi) is 4.76. The van der Waals surface area contributed by atoms with Crippen molar-refractivity contribution in [2.45, 2.75) is 5.33 Å². The Morgan fingerprint density at radius 3 is 2.37 bits per heavy atom. The highest BCUT2D eigenvalue weighted by atomic mass is 127. The van der Waals surface area contributed by atoms with Crippen LogP contribution in [0.1, 0.15) is 5.56 Å². The van der Waals surface area contributed by atoms with E-state index in [4.69, 9.17) is 4.74 Å². The number of hydrogen-bond donors (Lipinski definition) is 0. The number of halogens is 2. The standard InChI is InChI=1S/C13H9BrINO3/c14-8-9-7-12(5-6-13(9)16(17)18)19-11-3-1-10(15)2-4-11/h1-7H,8H2. The molecule has 0 atom stereocenters. The molecule has 0 saturated heterocycles. The van der Waals surface area contributed by atoms with Crippen LogP contribution in [0.3, 0.4) is 0 Å². The summed E-state index contributed by atoms with van der Waals surface area (Å²) in [5.74, 6) is 1.29. The van der Waals surface area contributed by atoms with E-state index in [2.05, 4.69) is 38.5 Å². The van der Waals surface area contributed by atoms with Gasteiger partial charge in [-0.1, -0.05) is 15.9 Å². The summed E-state index contributed by atoms with van der Waals surface area (Å²) in [6, 6.07) is 12.3. The number of ether oxygens (including phenoxy) is 1. The monoisotopic (exact) mass is 433 g/mol. The molecule has 2 aromatic carbocycles. The van der Waals surface area contributed by atoms with Gasteiger partial charge in [0, 0.05) is 20.5 Å². The van der Waals surface area contributed by atoms with Gasteiger partial charge >= 0.3 is 0 Å². The first-order valence-corrected chi connectivity index (χ1v) is 7.57. The lowest BCUT2D eigenvalue weighted by Gasteiger charge is -2.07. The second kappa shape index (κ2) is 6.33. The molecule has 0 amide bonds.